The van der Waals surface area contributed by atoms with Gasteiger partial charge in [-0.15, -0.1) is 0 Å². The van der Waals surface area contributed by atoms with Crippen LogP contribution in [0.1, 0.15) is 13.8 Å². The van der Waals surface area contributed by atoms with Crippen molar-refractivity contribution in [1.82, 2.24) is 5.32 Å². The molecular weight excluding hydrogens is 296 g/mol. The summed E-state index contributed by atoms with van der Waals surface area (Å²) >= 11 is 0. The number of rotatable bonds is 4. The molecule has 0 saturated carbocycles. The molecule has 0 unspecified atom stereocenters. The monoisotopic (exact) mass is 313 g/mol. The minimum absolute atomic E-state index is 0. The van der Waals surface area contributed by atoms with Gasteiger partial charge in [0.25, 0.3) is 0 Å². The number of hydrogen-bond acceptors (Lipinski definition) is 7. The quantitative estimate of drug-likeness (QED) is 0.391. The van der Waals surface area contributed by atoms with Gasteiger partial charge < -0.3 is 34.9 Å². The minimum atomic E-state index is -2.33. The molecule has 1 atom stereocenters. The normalized spacial score (nSPS) is 19.8. The molecule has 0 aromatic rings. The second kappa shape index (κ2) is 14.3. The zero-order chi connectivity index (χ0) is 12.6. The van der Waals surface area contributed by atoms with Crippen LogP contribution in [0.5, 0.6) is 0 Å². The van der Waals surface area contributed by atoms with Gasteiger partial charge in [-0.05, 0) is 20.0 Å². The van der Waals surface area contributed by atoms with Crippen LogP contribution in [0.4, 0.5) is 4.79 Å². The van der Waals surface area contributed by atoms with E-state index in [1.165, 1.54) is 0 Å². The van der Waals surface area contributed by atoms with E-state index in [4.69, 9.17) is 29.6 Å². The molecule has 2 N–H and O–H groups in total. The van der Waals surface area contributed by atoms with Gasteiger partial charge in [-0.25, -0.2) is 0 Å². The topological polar surface area (TPSA) is 114 Å². The summed E-state index contributed by atoms with van der Waals surface area (Å²) in [6.45, 7) is 5.95. The summed E-state index contributed by atoms with van der Waals surface area (Å²) in [6.07, 6.45) is -2.22. The average Bonchev–Trinajstić information content (AvgIpc) is 2.45. The summed E-state index contributed by atoms with van der Waals surface area (Å²) < 4.78 is 10.9. The first-order valence-electron chi connectivity index (χ1n) is 4.88. The fraction of sp³-hybridized carbons (Fsp3) is 0.889. The smallest absolute Gasteiger partial charge is 0.652 e. The molecule has 96 valence electrons. The molecule has 1 heterocycles. The van der Waals surface area contributed by atoms with Gasteiger partial charge in [0.2, 0.25) is 0 Å². The molecule has 9 heteroatoms. The SMILES string of the molecule is CC1(C)OC[C@@H](CNCCO)O1.O=C([O-])[O-].[K+].[K+]. The summed E-state index contributed by atoms with van der Waals surface area (Å²) in [5, 5.41) is 28.2. The van der Waals surface area contributed by atoms with Gasteiger partial charge in [-0.3, -0.25) is 0 Å². The van der Waals surface area contributed by atoms with Crippen molar-refractivity contribution in [2.45, 2.75) is 25.7 Å². The number of hydrogen-bond donors (Lipinski definition) is 2. The van der Waals surface area contributed by atoms with E-state index in [0.717, 1.165) is 6.54 Å². The van der Waals surface area contributed by atoms with E-state index in [-0.39, 0.29) is 115 Å². The molecule has 0 spiro atoms. The maximum Gasteiger partial charge on any atom is 1.00 e. The van der Waals surface area contributed by atoms with E-state index in [9.17, 15) is 0 Å². The first-order chi connectivity index (χ1) is 7.37. The van der Waals surface area contributed by atoms with E-state index in [2.05, 4.69) is 5.32 Å². The summed E-state index contributed by atoms with van der Waals surface area (Å²) in [5.74, 6) is -0.439. The molecule has 0 bridgehead atoms. The molecule has 7 nitrogen and oxygen atoms in total. The summed E-state index contributed by atoms with van der Waals surface area (Å²) in [6, 6.07) is 0. The average molecular weight is 313 g/mol. The first-order valence-corrected chi connectivity index (χ1v) is 4.88. The number of nitrogens with one attached hydrogen (secondary N) is 1. The van der Waals surface area contributed by atoms with Crippen molar-refractivity contribution in [3.8, 4) is 0 Å². The van der Waals surface area contributed by atoms with Crippen LogP contribution in [0.15, 0.2) is 0 Å². The molecule has 0 aromatic carbocycles. The van der Waals surface area contributed by atoms with Crippen LogP contribution < -0.4 is 118 Å². The largest absolute Gasteiger partial charge is 1.00 e. The van der Waals surface area contributed by atoms with E-state index in [1.54, 1.807) is 0 Å². The predicted molar refractivity (Wildman–Crippen MR) is 50.3 cm³/mol. The molecule has 0 radical (unpaired) electrons. The van der Waals surface area contributed by atoms with Gasteiger partial charge in [0, 0.05) is 13.1 Å². The van der Waals surface area contributed by atoms with Crippen molar-refractivity contribution >= 4 is 6.16 Å². The van der Waals surface area contributed by atoms with Gasteiger partial charge in [0.1, 0.15) is 0 Å². The Morgan fingerprint density at radius 2 is 1.94 bits per heavy atom. The fourth-order valence-corrected chi connectivity index (χ4v) is 1.21. The van der Waals surface area contributed by atoms with Crippen LogP contribution in [0.25, 0.3) is 0 Å². The molecular formula is C9H17K2NO6. The zero-order valence-corrected chi connectivity index (χ0v) is 17.6. The number of carbonyl (C=O) groups excluding carboxylic acids is 1. The van der Waals surface area contributed by atoms with Crippen molar-refractivity contribution in [3.63, 3.8) is 0 Å². The number of aliphatic hydroxyl groups is 1. The van der Waals surface area contributed by atoms with Crippen LogP contribution in [0.3, 0.4) is 0 Å². The molecule has 1 saturated heterocycles. The predicted octanol–water partition coefficient (Wildman–Crippen LogP) is -8.72. The molecule has 1 aliphatic rings. The third-order valence-corrected chi connectivity index (χ3v) is 1.73. The molecule has 0 amide bonds. The Balaban J connectivity index is -0.000000332. The summed E-state index contributed by atoms with van der Waals surface area (Å²) in [7, 11) is 0. The minimum Gasteiger partial charge on any atom is -0.652 e. The van der Waals surface area contributed by atoms with Crippen molar-refractivity contribution in [3.05, 3.63) is 0 Å². The molecule has 0 aliphatic carbocycles. The Bertz CT molecular complexity index is 213. The summed E-state index contributed by atoms with van der Waals surface area (Å²) in [5.41, 5.74) is 0. The number of carbonyl (C=O) groups is 1. The van der Waals surface area contributed by atoms with Crippen molar-refractivity contribution < 1.29 is 132 Å². The molecule has 0 aromatic heterocycles. The Morgan fingerprint density at radius 3 is 2.28 bits per heavy atom. The fourth-order valence-electron chi connectivity index (χ4n) is 1.21. The third kappa shape index (κ3) is 16.4. The number of ether oxygens (including phenoxy) is 2. The van der Waals surface area contributed by atoms with Gasteiger partial charge in [0.15, 0.2) is 5.79 Å². The Morgan fingerprint density at radius 1 is 1.44 bits per heavy atom. The Hall–Kier alpha value is 2.38. The summed E-state index contributed by atoms with van der Waals surface area (Å²) in [4.78, 5) is 8.33. The van der Waals surface area contributed by atoms with Gasteiger partial charge in [-0.2, -0.15) is 0 Å². The molecule has 1 fully saturated rings. The molecule has 1 rings (SSSR count). The van der Waals surface area contributed by atoms with Gasteiger partial charge in [-0.1, -0.05) is 0 Å². The number of carboxylic acid groups (broad SMARTS) is 2. The second-order valence-electron chi connectivity index (χ2n) is 3.63. The molecule has 18 heavy (non-hydrogen) atoms. The second-order valence-corrected chi connectivity index (χ2v) is 3.63. The van der Waals surface area contributed by atoms with Crippen molar-refractivity contribution in [1.29, 1.82) is 0 Å². The maximum atomic E-state index is 8.51. The first kappa shape index (κ1) is 25.3. The van der Waals surface area contributed by atoms with Crippen LogP contribution in [0, 0.1) is 0 Å². The Labute approximate surface area is 192 Å². The van der Waals surface area contributed by atoms with E-state index < -0.39 is 11.9 Å². The van der Waals surface area contributed by atoms with E-state index in [0.29, 0.717) is 13.2 Å². The zero-order valence-electron chi connectivity index (χ0n) is 11.4. The van der Waals surface area contributed by atoms with Gasteiger partial charge in [0.05, 0.1) is 19.3 Å². The van der Waals surface area contributed by atoms with Crippen molar-refractivity contribution in [2.24, 2.45) is 0 Å². The van der Waals surface area contributed by atoms with Crippen molar-refractivity contribution in [2.75, 3.05) is 26.3 Å². The van der Waals surface area contributed by atoms with E-state index >= 15 is 0 Å². The molecule has 1 aliphatic heterocycles. The maximum absolute atomic E-state index is 8.51. The standard InChI is InChI=1S/C8H17NO3.CH2O3.2K/c1-8(2)11-6-7(12-8)5-9-3-4-10;2-1(3)4;;/h7,9-10H,3-6H2,1-2H3;(H2,2,3,4);;/q;;2*+1/p-2/t7-;;;/m1.../s1. The third-order valence-electron chi connectivity index (χ3n) is 1.73. The van der Waals surface area contributed by atoms with Crippen LogP contribution in [-0.4, -0.2) is 49.5 Å². The van der Waals surface area contributed by atoms with Crippen LogP contribution in [-0.2, 0) is 9.47 Å². The van der Waals surface area contributed by atoms with E-state index in [1.807, 2.05) is 13.8 Å². The van der Waals surface area contributed by atoms with Crippen LogP contribution >= 0.6 is 0 Å². The Kier molecular flexibility index (Phi) is 20.2. The number of aliphatic hydroxyl groups excluding tert-OH is 1. The van der Waals surface area contributed by atoms with Crippen LogP contribution in [0.2, 0.25) is 0 Å². The van der Waals surface area contributed by atoms with Gasteiger partial charge >= 0.3 is 103 Å².